The van der Waals surface area contributed by atoms with E-state index in [-0.39, 0.29) is 5.56 Å². The van der Waals surface area contributed by atoms with E-state index in [4.69, 9.17) is 10.1 Å². The van der Waals surface area contributed by atoms with Gasteiger partial charge in [-0.1, -0.05) is 11.6 Å². The van der Waals surface area contributed by atoms with Crippen LogP contribution in [0.25, 0.3) is 5.65 Å². The maximum absolute atomic E-state index is 13.8. The van der Waals surface area contributed by atoms with Crippen molar-refractivity contribution in [2.45, 2.75) is 51.7 Å². The molecule has 0 spiro atoms. The Morgan fingerprint density at radius 1 is 1.16 bits per heavy atom. The summed E-state index contributed by atoms with van der Waals surface area (Å²) in [5, 5.41) is 4.72. The molecule has 2 aromatic heterocycles. The molecule has 0 radical (unpaired) electrons. The molecule has 2 aliphatic heterocycles. The second-order valence-corrected chi connectivity index (χ2v) is 10.2. The molecular weight excluding hydrogens is 481 g/mol. The van der Waals surface area contributed by atoms with Crippen LogP contribution in [0.3, 0.4) is 0 Å². The van der Waals surface area contributed by atoms with Gasteiger partial charge in [-0.3, -0.25) is 4.79 Å². The molecule has 3 aromatic rings. The van der Waals surface area contributed by atoms with Gasteiger partial charge in [-0.05, 0) is 64.3 Å². The number of benzene rings is 1. The molecule has 2 atom stereocenters. The minimum atomic E-state index is -4.61. The highest BCUT2D eigenvalue weighted by Gasteiger charge is 2.38. The summed E-state index contributed by atoms with van der Waals surface area (Å²) in [5.74, 6) is 0.745. The molecule has 4 heterocycles. The number of aryl methyl sites for hydroxylation is 2. The van der Waals surface area contributed by atoms with Crippen LogP contribution in [-0.2, 0) is 6.18 Å². The van der Waals surface area contributed by atoms with Crippen molar-refractivity contribution in [2.75, 3.05) is 31.1 Å². The van der Waals surface area contributed by atoms with Gasteiger partial charge in [0, 0.05) is 44.0 Å². The van der Waals surface area contributed by atoms with Crippen LogP contribution in [0.4, 0.5) is 19.0 Å². The summed E-state index contributed by atoms with van der Waals surface area (Å²) in [6.07, 6.45) is 0.591. The standard InChI is InChI=1S/C27H31F3N6O/c1-17-7-8-20(21(12-17)27(28,29)30)26(37)35-10-5-4-6-23(35)22-13-24-32-25(18(2)15-36(24)33-22)34-11-9-19(16-34)14-31-3/h7-8,12-13,15,19,23H,3-6,9-11,14,16H2,1-2H3/t19-,23+/m1/s1. The van der Waals surface area contributed by atoms with Crippen molar-refractivity contribution < 1.29 is 18.0 Å². The van der Waals surface area contributed by atoms with Crippen molar-refractivity contribution in [2.24, 2.45) is 10.9 Å². The zero-order chi connectivity index (χ0) is 26.3. The molecule has 1 amide bonds. The Balaban J connectivity index is 1.46. The number of hydrogen-bond donors (Lipinski definition) is 0. The third-order valence-electron chi connectivity index (χ3n) is 7.41. The summed E-state index contributed by atoms with van der Waals surface area (Å²) >= 11 is 0. The summed E-state index contributed by atoms with van der Waals surface area (Å²) in [6.45, 7) is 10.1. The van der Waals surface area contributed by atoms with E-state index in [1.54, 1.807) is 22.4 Å². The van der Waals surface area contributed by atoms with E-state index >= 15 is 0 Å². The molecule has 0 saturated carbocycles. The second-order valence-electron chi connectivity index (χ2n) is 10.2. The van der Waals surface area contributed by atoms with E-state index < -0.39 is 23.7 Å². The Kier molecular flexibility index (Phi) is 6.68. The Hall–Kier alpha value is -3.43. The summed E-state index contributed by atoms with van der Waals surface area (Å²) in [5.41, 5.74) is 1.54. The number of nitrogens with zero attached hydrogens (tertiary/aromatic N) is 6. The first-order valence-electron chi connectivity index (χ1n) is 12.7. The summed E-state index contributed by atoms with van der Waals surface area (Å²) < 4.78 is 43.0. The van der Waals surface area contributed by atoms with Gasteiger partial charge >= 0.3 is 6.18 Å². The lowest BCUT2D eigenvalue weighted by Gasteiger charge is -2.35. The molecule has 0 aliphatic carbocycles. The van der Waals surface area contributed by atoms with Crippen LogP contribution >= 0.6 is 0 Å². The number of anilines is 1. The van der Waals surface area contributed by atoms with E-state index in [1.165, 1.54) is 6.07 Å². The Morgan fingerprint density at radius 3 is 2.73 bits per heavy atom. The number of alkyl halides is 3. The third kappa shape index (κ3) is 4.93. The monoisotopic (exact) mass is 512 g/mol. The first-order valence-corrected chi connectivity index (χ1v) is 12.7. The van der Waals surface area contributed by atoms with Crippen LogP contribution in [0.1, 0.15) is 64.5 Å². The number of likely N-dealkylation sites (tertiary alicyclic amines) is 1. The van der Waals surface area contributed by atoms with Gasteiger partial charge in [-0.25, -0.2) is 9.50 Å². The fourth-order valence-electron chi connectivity index (χ4n) is 5.57. The molecule has 5 rings (SSSR count). The van der Waals surface area contributed by atoms with Crippen LogP contribution < -0.4 is 4.90 Å². The van der Waals surface area contributed by atoms with Crippen LogP contribution in [0.2, 0.25) is 0 Å². The number of carbonyl (C=O) groups is 1. The van der Waals surface area contributed by atoms with Gasteiger partial charge in [-0.15, -0.1) is 0 Å². The molecule has 2 fully saturated rings. The number of piperidine rings is 1. The van der Waals surface area contributed by atoms with E-state index in [0.717, 1.165) is 56.3 Å². The number of aliphatic imine (C=N–C) groups is 1. The zero-order valence-corrected chi connectivity index (χ0v) is 21.1. The zero-order valence-electron chi connectivity index (χ0n) is 21.1. The van der Waals surface area contributed by atoms with Gasteiger partial charge in [0.2, 0.25) is 0 Å². The smallest absolute Gasteiger partial charge is 0.356 e. The minimum absolute atomic E-state index is 0.317. The lowest BCUT2D eigenvalue weighted by Crippen LogP contribution is -2.39. The Labute approximate surface area is 214 Å². The SMILES string of the molecule is C=NC[C@H]1CCN(c2nc3cc([C@@H]4CCCCN4C(=O)c4ccc(C)cc4C(F)(F)F)nn3cc2C)C1. The first-order chi connectivity index (χ1) is 17.7. The number of halogens is 3. The molecule has 2 aliphatic rings. The lowest BCUT2D eigenvalue weighted by atomic mass is 9.96. The summed E-state index contributed by atoms with van der Waals surface area (Å²) in [4.78, 5) is 26.2. The van der Waals surface area contributed by atoms with Crippen molar-refractivity contribution in [3.8, 4) is 0 Å². The normalized spacial score (nSPS) is 20.6. The fraction of sp³-hybridized carbons (Fsp3) is 0.481. The molecule has 0 unspecified atom stereocenters. The minimum Gasteiger partial charge on any atom is -0.356 e. The molecule has 37 heavy (non-hydrogen) atoms. The molecule has 196 valence electrons. The van der Waals surface area contributed by atoms with E-state index in [9.17, 15) is 18.0 Å². The average Bonchev–Trinajstić information content (AvgIpc) is 3.49. The summed E-state index contributed by atoms with van der Waals surface area (Å²) in [6, 6.07) is 5.33. The van der Waals surface area contributed by atoms with Gasteiger partial charge < -0.3 is 14.8 Å². The van der Waals surface area contributed by atoms with E-state index in [0.29, 0.717) is 35.8 Å². The molecule has 0 bridgehead atoms. The van der Waals surface area contributed by atoms with Gasteiger partial charge in [0.05, 0.1) is 22.9 Å². The topological polar surface area (TPSA) is 66.1 Å². The average molecular weight is 513 g/mol. The number of hydrogen-bond acceptors (Lipinski definition) is 5. The Bertz CT molecular complexity index is 1330. The highest BCUT2D eigenvalue weighted by atomic mass is 19.4. The molecule has 2 saturated heterocycles. The van der Waals surface area contributed by atoms with Gasteiger partial charge in [0.25, 0.3) is 5.91 Å². The molecule has 10 heteroatoms. The molecule has 0 N–H and O–H groups in total. The predicted octanol–water partition coefficient (Wildman–Crippen LogP) is 5.26. The lowest BCUT2D eigenvalue weighted by molar-refractivity contribution is -0.138. The largest absolute Gasteiger partial charge is 0.417 e. The van der Waals surface area contributed by atoms with Crippen LogP contribution in [-0.4, -0.2) is 58.3 Å². The highest BCUT2D eigenvalue weighted by Crippen LogP contribution is 2.37. The fourth-order valence-corrected chi connectivity index (χ4v) is 5.57. The number of rotatable bonds is 5. The molecular formula is C27H31F3N6O. The highest BCUT2D eigenvalue weighted by molar-refractivity contribution is 5.96. The van der Waals surface area contributed by atoms with Crippen molar-refractivity contribution >= 4 is 24.1 Å². The number of carbonyl (C=O) groups excluding carboxylic acids is 1. The molecule has 7 nitrogen and oxygen atoms in total. The predicted molar refractivity (Wildman–Crippen MR) is 136 cm³/mol. The molecule has 1 aromatic carbocycles. The number of fused-ring (bicyclic) bond motifs is 1. The van der Waals surface area contributed by atoms with Gasteiger partial charge in [-0.2, -0.15) is 18.3 Å². The van der Waals surface area contributed by atoms with Gasteiger partial charge in [0.1, 0.15) is 5.82 Å². The second kappa shape index (κ2) is 9.79. The van der Waals surface area contributed by atoms with Crippen molar-refractivity contribution in [1.82, 2.24) is 19.5 Å². The van der Waals surface area contributed by atoms with E-state index in [1.807, 2.05) is 19.2 Å². The number of amides is 1. The van der Waals surface area contributed by atoms with Crippen LogP contribution in [0.15, 0.2) is 35.5 Å². The van der Waals surface area contributed by atoms with Crippen LogP contribution in [0, 0.1) is 19.8 Å². The first kappa shape index (κ1) is 25.2. The quantitative estimate of drug-likeness (QED) is 0.438. The van der Waals surface area contributed by atoms with Crippen LogP contribution in [0.5, 0.6) is 0 Å². The summed E-state index contributed by atoms with van der Waals surface area (Å²) in [7, 11) is 0. The van der Waals surface area contributed by atoms with Crippen molar-refractivity contribution in [3.05, 3.63) is 58.4 Å². The maximum Gasteiger partial charge on any atom is 0.417 e. The van der Waals surface area contributed by atoms with Gasteiger partial charge in [0.15, 0.2) is 5.65 Å². The van der Waals surface area contributed by atoms with E-state index in [2.05, 4.69) is 16.6 Å². The maximum atomic E-state index is 13.8. The van der Waals surface area contributed by atoms with Crippen molar-refractivity contribution in [1.29, 1.82) is 0 Å². The number of aromatic nitrogens is 3. The van der Waals surface area contributed by atoms with Crippen molar-refractivity contribution in [3.63, 3.8) is 0 Å². The third-order valence-corrected chi connectivity index (χ3v) is 7.41. The Morgan fingerprint density at radius 2 is 1.97 bits per heavy atom.